The molecule has 0 saturated carbocycles. The van der Waals surface area contributed by atoms with Crippen LogP contribution < -0.4 is 14.8 Å². The highest BCUT2D eigenvalue weighted by atomic mass is 32.2. The van der Waals surface area contributed by atoms with Gasteiger partial charge in [-0.05, 0) is 43.2 Å². The molecule has 0 spiro atoms. The topological polar surface area (TPSA) is 97.8 Å². The van der Waals surface area contributed by atoms with E-state index in [0.29, 0.717) is 48.5 Å². The first-order chi connectivity index (χ1) is 16.0. The van der Waals surface area contributed by atoms with Gasteiger partial charge in [0.1, 0.15) is 19.3 Å². The fourth-order valence-corrected chi connectivity index (χ4v) is 6.44. The molecule has 2 aliphatic rings. The molecule has 1 atom stereocenters. The van der Waals surface area contributed by atoms with Crippen LogP contribution in [0.25, 0.3) is 11.3 Å². The number of amides is 1. The molecule has 10 heteroatoms. The molecular formula is C23H23N3O5S2. The molecule has 0 aliphatic carbocycles. The maximum atomic E-state index is 13.2. The van der Waals surface area contributed by atoms with Crippen molar-refractivity contribution in [2.75, 3.05) is 25.1 Å². The smallest absolute Gasteiger partial charge is 0.244 e. The van der Waals surface area contributed by atoms with E-state index in [-0.39, 0.29) is 10.8 Å². The normalized spacial score (nSPS) is 18.6. The lowest BCUT2D eigenvalue weighted by Gasteiger charge is -2.33. The Hall–Kier alpha value is -2.95. The highest BCUT2D eigenvalue weighted by Crippen LogP contribution is 2.35. The molecule has 5 rings (SSSR count). The quantitative estimate of drug-likeness (QED) is 0.591. The van der Waals surface area contributed by atoms with Gasteiger partial charge in [0, 0.05) is 17.5 Å². The Bertz CT molecular complexity index is 1260. The van der Waals surface area contributed by atoms with Crippen molar-refractivity contribution >= 4 is 32.4 Å². The Morgan fingerprint density at radius 3 is 2.67 bits per heavy atom. The zero-order valence-corrected chi connectivity index (χ0v) is 19.4. The number of anilines is 1. The van der Waals surface area contributed by atoms with E-state index in [1.165, 1.54) is 15.6 Å². The summed E-state index contributed by atoms with van der Waals surface area (Å²) in [6.45, 7) is 1.34. The van der Waals surface area contributed by atoms with E-state index in [0.717, 1.165) is 18.4 Å². The number of sulfonamides is 1. The Morgan fingerprint density at radius 1 is 1.06 bits per heavy atom. The van der Waals surface area contributed by atoms with E-state index in [1.807, 2.05) is 23.6 Å². The molecule has 1 saturated heterocycles. The second-order valence-corrected chi connectivity index (χ2v) is 10.6. The number of hydrogen-bond acceptors (Lipinski definition) is 7. The fraction of sp³-hybridized carbons (Fsp3) is 0.304. The predicted molar refractivity (Wildman–Crippen MR) is 125 cm³/mol. The van der Waals surface area contributed by atoms with Gasteiger partial charge in [-0.15, -0.1) is 11.3 Å². The summed E-state index contributed by atoms with van der Waals surface area (Å²) in [6, 6.07) is 13.1. The number of thiazole rings is 1. The van der Waals surface area contributed by atoms with E-state index in [2.05, 4.69) is 10.3 Å². The largest absolute Gasteiger partial charge is 0.486 e. The molecule has 172 valence electrons. The predicted octanol–water partition coefficient (Wildman–Crippen LogP) is 3.76. The second-order valence-electron chi connectivity index (χ2n) is 7.83. The molecule has 2 aromatic carbocycles. The maximum Gasteiger partial charge on any atom is 0.244 e. The lowest BCUT2D eigenvalue weighted by molar-refractivity contribution is -0.120. The molecule has 2 aliphatic heterocycles. The van der Waals surface area contributed by atoms with Gasteiger partial charge in [0.15, 0.2) is 16.6 Å². The van der Waals surface area contributed by atoms with E-state index >= 15 is 0 Å². The summed E-state index contributed by atoms with van der Waals surface area (Å²) in [4.78, 5) is 17.8. The van der Waals surface area contributed by atoms with Gasteiger partial charge in [-0.2, -0.15) is 4.31 Å². The van der Waals surface area contributed by atoms with Crippen LogP contribution in [0.3, 0.4) is 0 Å². The molecule has 8 nitrogen and oxygen atoms in total. The molecule has 3 aromatic rings. The highest BCUT2D eigenvalue weighted by Gasteiger charge is 2.37. The van der Waals surface area contributed by atoms with Crippen LogP contribution in [-0.4, -0.2) is 49.4 Å². The first-order valence-electron chi connectivity index (χ1n) is 10.8. The van der Waals surface area contributed by atoms with Crippen molar-refractivity contribution in [1.82, 2.24) is 9.29 Å². The molecule has 1 fully saturated rings. The minimum atomic E-state index is -3.77. The third kappa shape index (κ3) is 4.46. The van der Waals surface area contributed by atoms with E-state index in [1.54, 1.807) is 30.3 Å². The van der Waals surface area contributed by atoms with Crippen molar-refractivity contribution in [3.8, 4) is 22.8 Å². The number of hydrogen-bond donors (Lipinski definition) is 1. The van der Waals surface area contributed by atoms with Crippen LogP contribution in [0.4, 0.5) is 5.13 Å². The molecule has 1 amide bonds. The van der Waals surface area contributed by atoms with E-state index in [9.17, 15) is 13.2 Å². The Balaban J connectivity index is 1.33. The zero-order valence-electron chi connectivity index (χ0n) is 17.8. The number of piperidine rings is 1. The highest BCUT2D eigenvalue weighted by molar-refractivity contribution is 7.89. The maximum absolute atomic E-state index is 13.2. The number of nitrogens with zero attached hydrogens (tertiary/aromatic N) is 2. The standard InChI is InChI=1S/C23H23N3O5S2/c27-22(19-8-4-5-11-26(19)33(28,29)17-6-2-1-3-7-17)25-23-24-18(15-32-23)16-9-10-20-21(14-16)31-13-12-30-20/h1-3,6-7,9-10,14-15,19H,4-5,8,11-13H2,(H,24,25,27). The monoisotopic (exact) mass is 485 g/mol. The third-order valence-electron chi connectivity index (χ3n) is 5.68. The zero-order chi connectivity index (χ0) is 22.8. The fourth-order valence-electron chi connectivity index (χ4n) is 4.04. The van der Waals surface area contributed by atoms with Crippen LogP contribution in [0.5, 0.6) is 11.5 Å². The summed E-state index contributed by atoms with van der Waals surface area (Å²) in [5.41, 5.74) is 1.55. The Kier molecular flexibility index (Phi) is 6.05. The lowest BCUT2D eigenvalue weighted by Crippen LogP contribution is -2.49. The number of carbonyl (C=O) groups excluding carboxylic acids is 1. The first-order valence-corrected chi connectivity index (χ1v) is 13.1. The number of ether oxygens (including phenoxy) is 2. The minimum Gasteiger partial charge on any atom is -0.486 e. The SMILES string of the molecule is O=C(Nc1nc(-c2ccc3c(c2)OCCO3)cs1)C1CCCCN1S(=O)(=O)c1ccccc1. The third-order valence-corrected chi connectivity index (χ3v) is 8.36. The van der Waals surface area contributed by atoms with E-state index in [4.69, 9.17) is 9.47 Å². The number of aromatic nitrogens is 1. The van der Waals surface area contributed by atoms with Crippen molar-refractivity contribution in [2.45, 2.75) is 30.2 Å². The van der Waals surface area contributed by atoms with Crippen molar-refractivity contribution < 1.29 is 22.7 Å². The Morgan fingerprint density at radius 2 is 1.85 bits per heavy atom. The summed E-state index contributed by atoms with van der Waals surface area (Å²) >= 11 is 1.30. The van der Waals surface area contributed by atoms with Gasteiger partial charge in [-0.25, -0.2) is 13.4 Å². The number of carbonyl (C=O) groups is 1. The molecule has 1 unspecified atom stereocenters. The molecule has 0 radical (unpaired) electrons. The number of fused-ring (bicyclic) bond motifs is 1. The molecule has 3 heterocycles. The van der Waals surface area contributed by atoms with Gasteiger partial charge in [-0.1, -0.05) is 24.6 Å². The molecular weight excluding hydrogens is 462 g/mol. The second kappa shape index (κ2) is 9.12. The summed E-state index contributed by atoms with van der Waals surface area (Å²) < 4.78 is 38.8. The Labute approximate surface area is 196 Å². The molecule has 33 heavy (non-hydrogen) atoms. The average Bonchev–Trinajstić information content (AvgIpc) is 3.32. The van der Waals surface area contributed by atoms with Gasteiger partial charge in [-0.3, -0.25) is 4.79 Å². The summed E-state index contributed by atoms with van der Waals surface area (Å²) in [6.07, 6.45) is 1.98. The van der Waals surface area contributed by atoms with Gasteiger partial charge in [0.2, 0.25) is 15.9 Å². The summed E-state index contributed by atoms with van der Waals surface area (Å²) in [5, 5.41) is 5.10. The van der Waals surface area contributed by atoms with Gasteiger partial charge < -0.3 is 14.8 Å². The van der Waals surface area contributed by atoms with Crippen LogP contribution in [0, 0.1) is 0 Å². The minimum absolute atomic E-state index is 0.194. The average molecular weight is 486 g/mol. The van der Waals surface area contributed by atoms with Crippen molar-refractivity contribution in [1.29, 1.82) is 0 Å². The van der Waals surface area contributed by atoms with Crippen molar-refractivity contribution in [3.05, 3.63) is 53.9 Å². The van der Waals surface area contributed by atoms with Gasteiger partial charge in [0.25, 0.3) is 0 Å². The van der Waals surface area contributed by atoms with Gasteiger partial charge in [0.05, 0.1) is 10.6 Å². The van der Waals surface area contributed by atoms with Crippen LogP contribution >= 0.6 is 11.3 Å². The lowest BCUT2D eigenvalue weighted by atomic mass is 10.0. The number of nitrogens with one attached hydrogen (secondary N) is 1. The van der Waals surface area contributed by atoms with Crippen molar-refractivity contribution in [2.24, 2.45) is 0 Å². The summed E-state index contributed by atoms with van der Waals surface area (Å²) in [5.74, 6) is 1.00. The van der Waals surface area contributed by atoms with Gasteiger partial charge >= 0.3 is 0 Å². The summed E-state index contributed by atoms with van der Waals surface area (Å²) in [7, 11) is -3.77. The first kappa shape index (κ1) is 21.9. The van der Waals surface area contributed by atoms with Crippen LogP contribution in [0.15, 0.2) is 58.8 Å². The number of benzene rings is 2. The van der Waals surface area contributed by atoms with E-state index < -0.39 is 16.1 Å². The van der Waals surface area contributed by atoms with Crippen LogP contribution in [0.1, 0.15) is 19.3 Å². The van der Waals surface area contributed by atoms with Crippen LogP contribution in [-0.2, 0) is 14.8 Å². The molecule has 0 bridgehead atoms. The number of rotatable bonds is 5. The molecule has 1 aromatic heterocycles. The van der Waals surface area contributed by atoms with Crippen molar-refractivity contribution in [3.63, 3.8) is 0 Å². The molecule has 1 N–H and O–H groups in total. The van der Waals surface area contributed by atoms with Crippen LogP contribution in [0.2, 0.25) is 0 Å².